The van der Waals surface area contributed by atoms with E-state index in [0.717, 1.165) is 28.3 Å². The smallest absolute Gasteiger partial charge is 0.334 e. The van der Waals surface area contributed by atoms with Crippen LogP contribution in [0.15, 0.2) is 72.1 Å². The number of hydrogen-bond donors (Lipinski definition) is 1. The van der Waals surface area contributed by atoms with E-state index in [1.165, 1.54) is 0 Å². The van der Waals surface area contributed by atoms with Gasteiger partial charge in [-0.05, 0) is 48.7 Å². The fourth-order valence-electron chi connectivity index (χ4n) is 3.95. The lowest BCUT2D eigenvalue weighted by atomic mass is 9.70. The highest BCUT2D eigenvalue weighted by Gasteiger charge is 2.41. The van der Waals surface area contributed by atoms with Gasteiger partial charge in [0.2, 0.25) is 0 Å². The highest BCUT2D eigenvalue weighted by Crippen LogP contribution is 2.43. The molecular formula is C24H27NO4. The zero-order chi connectivity index (χ0) is 21.0. The van der Waals surface area contributed by atoms with E-state index in [0.29, 0.717) is 18.5 Å². The quantitative estimate of drug-likeness (QED) is 0.736. The Morgan fingerprint density at radius 1 is 1.00 bits per heavy atom. The average Bonchev–Trinajstić information content (AvgIpc) is 2.75. The summed E-state index contributed by atoms with van der Waals surface area (Å²) in [6.07, 6.45) is 4.65. The van der Waals surface area contributed by atoms with Crippen molar-refractivity contribution in [1.82, 2.24) is 4.90 Å². The molecule has 3 rings (SSSR count). The van der Waals surface area contributed by atoms with Gasteiger partial charge in [-0.3, -0.25) is 0 Å². The van der Waals surface area contributed by atoms with E-state index in [4.69, 9.17) is 9.47 Å². The number of benzene rings is 2. The topological polar surface area (TPSA) is 59.0 Å². The second-order valence-electron chi connectivity index (χ2n) is 7.11. The normalized spacial score (nSPS) is 18.7. The number of aliphatic carboxylic acids is 1. The van der Waals surface area contributed by atoms with Crippen LogP contribution in [0.1, 0.15) is 31.4 Å². The fraction of sp³-hybridized carbons (Fsp3) is 0.292. The van der Waals surface area contributed by atoms with Gasteiger partial charge in [0.1, 0.15) is 11.5 Å². The minimum Gasteiger partial charge on any atom is -0.497 e. The molecule has 0 aliphatic carbocycles. The molecule has 1 unspecified atom stereocenters. The lowest BCUT2D eigenvalue weighted by Gasteiger charge is -2.39. The van der Waals surface area contributed by atoms with Gasteiger partial charge in [0.05, 0.1) is 19.8 Å². The van der Waals surface area contributed by atoms with Crippen LogP contribution in [-0.2, 0) is 16.8 Å². The first-order chi connectivity index (χ1) is 13.9. The molecule has 0 saturated carbocycles. The number of allylic oxidation sites excluding steroid dienone is 2. The predicted octanol–water partition coefficient (Wildman–Crippen LogP) is 4.74. The van der Waals surface area contributed by atoms with Gasteiger partial charge < -0.3 is 19.5 Å². The first-order valence-electron chi connectivity index (χ1n) is 9.63. The lowest BCUT2D eigenvalue weighted by Crippen LogP contribution is -2.37. The van der Waals surface area contributed by atoms with E-state index in [1.807, 2.05) is 79.6 Å². The second-order valence-corrected chi connectivity index (χ2v) is 7.11. The van der Waals surface area contributed by atoms with E-state index in [9.17, 15) is 9.90 Å². The largest absolute Gasteiger partial charge is 0.497 e. The maximum absolute atomic E-state index is 12.4. The molecule has 0 fully saturated rings. The highest BCUT2D eigenvalue weighted by atomic mass is 16.5. The van der Waals surface area contributed by atoms with Crippen molar-refractivity contribution >= 4 is 5.97 Å². The lowest BCUT2D eigenvalue weighted by molar-refractivity contribution is -0.133. The van der Waals surface area contributed by atoms with Gasteiger partial charge in [-0.1, -0.05) is 37.3 Å². The van der Waals surface area contributed by atoms with Crippen molar-refractivity contribution in [1.29, 1.82) is 0 Å². The zero-order valence-corrected chi connectivity index (χ0v) is 17.3. The summed E-state index contributed by atoms with van der Waals surface area (Å²) in [4.78, 5) is 14.3. The Morgan fingerprint density at radius 2 is 1.55 bits per heavy atom. The number of rotatable bonds is 7. The monoisotopic (exact) mass is 393 g/mol. The molecule has 1 atom stereocenters. The van der Waals surface area contributed by atoms with Crippen molar-refractivity contribution in [2.24, 2.45) is 0 Å². The number of carboxylic acid groups (broad SMARTS) is 1. The van der Waals surface area contributed by atoms with Gasteiger partial charge in [-0.15, -0.1) is 0 Å². The van der Waals surface area contributed by atoms with Gasteiger partial charge in [-0.2, -0.15) is 0 Å². The number of methoxy groups -OCH3 is 2. The van der Waals surface area contributed by atoms with Crippen LogP contribution in [0.2, 0.25) is 0 Å². The van der Waals surface area contributed by atoms with Gasteiger partial charge in [-0.25, -0.2) is 4.79 Å². The SMILES string of the molecule is CCC1(c2ccc(OC)cc2)C=CN(Cc2ccc(OC)cc2)C(C)=C1C(=O)O. The van der Waals surface area contributed by atoms with Crippen LogP contribution in [0.4, 0.5) is 0 Å². The first kappa shape index (κ1) is 20.5. The summed E-state index contributed by atoms with van der Waals surface area (Å²) in [7, 11) is 3.26. The van der Waals surface area contributed by atoms with Crippen molar-refractivity contribution in [2.75, 3.05) is 14.2 Å². The summed E-state index contributed by atoms with van der Waals surface area (Å²) < 4.78 is 10.5. The first-order valence-corrected chi connectivity index (χ1v) is 9.63. The molecule has 29 heavy (non-hydrogen) atoms. The van der Waals surface area contributed by atoms with Crippen molar-refractivity contribution in [3.8, 4) is 11.5 Å². The maximum atomic E-state index is 12.4. The number of carbonyl (C=O) groups is 1. The van der Waals surface area contributed by atoms with E-state index in [1.54, 1.807) is 14.2 Å². The Morgan fingerprint density at radius 3 is 2.03 bits per heavy atom. The fourth-order valence-corrected chi connectivity index (χ4v) is 3.95. The van der Waals surface area contributed by atoms with Gasteiger partial charge in [0.15, 0.2) is 0 Å². The van der Waals surface area contributed by atoms with Gasteiger partial charge in [0, 0.05) is 23.9 Å². The predicted molar refractivity (Wildman–Crippen MR) is 113 cm³/mol. The molecule has 5 heteroatoms. The number of nitrogens with zero attached hydrogens (tertiary/aromatic N) is 1. The van der Waals surface area contributed by atoms with Crippen LogP contribution >= 0.6 is 0 Å². The van der Waals surface area contributed by atoms with Crippen LogP contribution in [0, 0.1) is 0 Å². The van der Waals surface area contributed by atoms with E-state index in [-0.39, 0.29) is 0 Å². The summed E-state index contributed by atoms with van der Waals surface area (Å²) in [5.74, 6) is 0.647. The molecular weight excluding hydrogens is 366 g/mol. The summed E-state index contributed by atoms with van der Waals surface area (Å²) in [5.41, 5.74) is 2.49. The van der Waals surface area contributed by atoms with Crippen LogP contribution in [0.25, 0.3) is 0 Å². The molecule has 1 N–H and O–H groups in total. The number of carboxylic acids is 1. The zero-order valence-electron chi connectivity index (χ0n) is 17.3. The van der Waals surface area contributed by atoms with Crippen LogP contribution in [0.3, 0.4) is 0 Å². The molecule has 0 radical (unpaired) electrons. The standard InChI is InChI=1S/C24H27NO4/c1-5-24(19-8-12-21(29-4)13-9-19)14-15-25(17(2)22(24)23(26)27)16-18-6-10-20(28-3)11-7-18/h6-15H,5,16H2,1-4H3,(H,26,27). The molecule has 152 valence electrons. The number of hydrogen-bond acceptors (Lipinski definition) is 4. The molecule has 0 bridgehead atoms. The molecule has 1 aliphatic heterocycles. The van der Waals surface area contributed by atoms with Crippen LogP contribution < -0.4 is 9.47 Å². The molecule has 0 amide bonds. The molecule has 5 nitrogen and oxygen atoms in total. The summed E-state index contributed by atoms with van der Waals surface area (Å²) >= 11 is 0. The molecule has 2 aromatic carbocycles. The van der Waals surface area contributed by atoms with Gasteiger partial charge >= 0.3 is 5.97 Å². The van der Waals surface area contributed by atoms with E-state index >= 15 is 0 Å². The third-order valence-electron chi connectivity index (χ3n) is 5.67. The Balaban J connectivity index is 1.99. The second kappa shape index (κ2) is 8.43. The third-order valence-corrected chi connectivity index (χ3v) is 5.67. The Labute approximate surface area is 171 Å². The van der Waals surface area contributed by atoms with Crippen molar-refractivity contribution < 1.29 is 19.4 Å². The van der Waals surface area contributed by atoms with Crippen molar-refractivity contribution in [3.05, 3.63) is 83.2 Å². The molecule has 0 spiro atoms. The molecule has 2 aromatic rings. The van der Waals surface area contributed by atoms with Crippen molar-refractivity contribution in [3.63, 3.8) is 0 Å². The third kappa shape index (κ3) is 3.86. The van der Waals surface area contributed by atoms with Crippen LogP contribution in [0.5, 0.6) is 11.5 Å². The number of ether oxygens (including phenoxy) is 2. The van der Waals surface area contributed by atoms with Gasteiger partial charge in [0.25, 0.3) is 0 Å². The summed E-state index contributed by atoms with van der Waals surface area (Å²) in [6, 6.07) is 15.4. The highest BCUT2D eigenvalue weighted by molar-refractivity contribution is 5.92. The van der Waals surface area contributed by atoms with E-state index < -0.39 is 11.4 Å². The van der Waals surface area contributed by atoms with E-state index in [2.05, 4.69) is 0 Å². The Hall–Kier alpha value is -3.21. The molecule has 1 heterocycles. The van der Waals surface area contributed by atoms with Crippen molar-refractivity contribution in [2.45, 2.75) is 32.2 Å². The van der Waals surface area contributed by atoms with Crippen LogP contribution in [-0.4, -0.2) is 30.2 Å². The minimum absolute atomic E-state index is 0.404. The Bertz CT molecular complexity index is 928. The molecule has 0 aromatic heterocycles. The Kier molecular flexibility index (Phi) is 5.97. The summed E-state index contributed by atoms with van der Waals surface area (Å²) in [6.45, 7) is 4.49. The molecule has 1 aliphatic rings. The molecule has 0 saturated heterocycles. The average molecular weight is 393 g/mol. The summed E-state index contributed by atoms with van der Waals surface area (Å²) in [5, 5.41) is 10.1. The maximum Gasteiger partial charge on any atom is 0.334 e. The minimum atomic E-state index is -0.899.